The molecule has 0 fully saturated rings. The number of benzene rings is 3. The van der Waals surface area contributed by atoms with E-state index in [0.29, 0.717) is 10.9 Å². The van der Waals surface area contributed by atoms with E-state index < -0.39 is 12.1 Å². The lowest BCUT2D eigenvalue weighted by Crippen LogP contribution is -2.34. The molecule has 4 aromatic rings. The number of anilines is 1. The number of fused-ring (bicyclic) bond motifs is 4. The lowest BCUT2D eigenvalue weighted by molar-refractivity contribution is 0.0690. The number of carbonyl (C=O) groups is 2. The van der Waals surface area contributed by atoms with Crippen LogP contribution in [0.15, 0.2) is 85.5 Å². The molecule has 7 heteroatoms. The lowest BCUT2D eigenvalue weighted by atomic mass is 9.98. The average Bonchev–Trinajstić information content (AvgIpc) is 3.19. The molecule has 0 atom stereocenters. The van der Waals surface area contributed by atoms with Crippen LogP contribution in [0.5, 0.6) is 0 Å². The summed E-state index contributed by atoms with van der Waals surface area (Å²) in [6, 6.07) is 23.1. The number of carboxylic acids is 1. The molecule has 0 aliphatic heterocycles. The number of aromatic carboxylic acids is 1. The van der Waals surface area contributed by atoms with Crippen molar-refractivity contribution in [2.24, 2.45) is 0 Å². The van der Waals surface area contributed by atoms with E-state index >= 15 is 0 Å². The molecule has 1 aliphatic rings. The summed E-state index contributed by atoms with van der Waals surface area (Å²) in [5, 5.41) is 18.1. The van der Waals surface area contributed by atoms with Gasteiger partial charge >= 0.3 is 12.1 Å². The molecule has 0 radical (unpaired) electrons. The predicted molar refractivity (Wildman–Crippen MR) is 129 cm³/mol. The molecule has 0 saturated carbocycles. The lowest BCUT2D eigenvalue weighted by Gasteiger charge is -2.24. The molecule has 0 bridgehead atoms. The van der Waals surface area contributed by atoms with Gasteiger partial charge in [0, 0.05) is 17.8 Å². The number of hydrogen-bond acceptors (Lipinski definition) is 5. The van der Waals surface area contributed by atoms with Gasteiger partial charge in [0.2, 0.25) is 0 Å². The molecule has 5 rings (SSSR count). The second kappa shape index (κ2) is 8.78. The number of amides is 1. The number of nitrogens with zero attached hydrogens (tertiary/aromatic N) is 3. The molecule has 0 unspecified atom stereocenters. The highest BCUT2D eigenvalue weighted by atomic mass is 16.6. The summed E-state index contributed by atoms with van der Waals surface area (Å²) in [4.78, 5) is 26.5. The molecule has 7 nitrogen and oxygen atoms in total. The van der Waals surface area contributed by atoms with E-state index in [1.165, 1.54) is 11.0 Å². The molecule has 0 saturated heterocycles. The summed E-state index contributed by atoms with van der Waals surface area (Å²) >= 11 is 0. The third kappa shape index (κ3) is 3.57. The summed E-state index contributed by atoms with van der Waals surface area (Å²) < 4.78 is 5.79. The van der Waals surface area contributed by atoms with Crippen LogP contribution in [0, 0.1) is 0 Å². The molecule has 168 valence electrons. The molecular formula is C27H21N3O4. The van der Waals surface area contributed by atoms with Crippen LogP contribution >= 0.6 is 0 Å². The van der Waals surface area contributed by atoms with Gasteiger partial charge in [-0.15, -0.1) is 16.8 Å². The first-order chi connectivity index (χ1) is 16.6. The Morgan fingerprint density at radius 1 is 0.941 bits per heavy atom. The Balaban J connectivity index is 1.50. The summed E-state index contributed by atoms with van der Waals surface area (Å²) in [6.07, 6.45) is 0.838. The van der Waals surface area contributed by atoms with Gasteiger partial charge in [-0.25, -0.2) is 9.59 Å². The van der Waals surface area contributed by atoms with Crippen molar-refractivity contribution in [2.75, 3.05) is 18.1 Å². The maximum atomic E-state index is 13.3. The van der Waals surface area contributed by atoms with Crippen LogP contribution in [0.3, 0.4) is 0 Å². The number of rotatable bonds is 6. The van der Waals surface area contributed by atoms with Crippen LogP contribution in [0.25, 0.3) is 22.0 Å². The minimum Gasteiger partial charge on any atom is -0.476 e. The van der Waals surface area contributed by atoms with Crippen molar-refractivity contribution in [3.8, 4) is 11.1 Å². The van der Waals surface area contributed by atoms with Gasteiger partial charge in [0.25, 0.3) is 0 Å². The van der Waals surface area contributed by atoms with E-state index in [0.717, 1.165) is 22.3 Å². The number of ether oxygens (including phenoxy) is 1. The minimum atomic E-state index is -1.28. The van der Waals surface area contributed by atoms with Gasteiger partial charge in [-0.1, -0.05) is 72.8 Å². The minimum absolute atomic E-state index is 0.0483. The first kappa shape index (κ1) is 21.3. The molecular weight excluding hydrogens is 430 g/mol. The normalized spacial score (nSPS) is 12.1. The highest BCUT2D eigenvalue weighted by Gasteiger charge is 2.31. The molecule has 1 N–H and O–H groups in total. The Kier molecular flexibility index (Phi) is 5.51. The van der Waals surface area contributed by atoms with Gasteiger partial charge in [0.05, 0.1) is 11.2 Å². The standard InChI is InChI=1S/C27H21N3O4/c1-2-15-30(25-21-13-7-8-14-23(21)28-29-24(25)26(31)32)27(33)34-16-22-19-11-5-3-9-17(19)18-10-4-6-12-20(18)22/h2-14,22H,1,15-16H2,(H,31,32). The third-order valence-corrected chi connectivity index (χ3v) is 5.98. The Hall–Kier alpha value is -4.52. The largest absolute Gasteiger partial charge is 0.476 e. The van der Waals surface area contributed by atoms with Crippen LogP contribution in [-0.2, 0) is 4.74 Å². The highest BCUT2D eigenvalue weighted by molar-refractivity contribution is 6.08. The fraction of sp³-hybridized carbons (Fsp3) is 0.111. The van der Waals surface area contributed by atoms with Crippen LogP contribution in [0.4, 0.5) is 10.5 Å². The molecule has 0 spiro atoms. The van der Waals surface area contributed by atoms with Crippen molar-refractivity contribution in [1.29, 1.82) is 0 Å². The van der Waals surface area contributed by atoms with Crippen LogP contribution in [0.1, 0.15) is 27.5 Å². The fourth-order valence-electron chi connectivity index (χ4n) is 4.52. The van der Waals surface area contributed by atoms with E-state index in [-0.39, 0.29) is 30.5 Å². The van der Waals surface area contributed by atoms with Gasteiger partial charge in [-0.3, -0.25) is 4.90 Å². The van der Waals surface area contributed by atoms with Gasteiger partial charge in [0.1, 0.15) is 6.61 Å². The Bertz CT molecular complexity index is 1390. The Morgan fingerprint density at radius 2 is 1.56 bits per heavy atom. The molecule has 1 aromatic heterocycles. The Labute approximate surface area is 195 Å². The van der Waals surface area contributed by atoms with Crippen molar-refractivity contribution in [1.82, 2.24) is 10.2 Å². The number of aromatic nitrogens is 2. The molecule has 1 heterocycles. The summed E-state index contributed by atoms with van der Waals surface area (Å²) in [7, 11) is 0. The molecule has 34 heavy (non-hydrogen) atoms. The zero-order chi connectivity index (χ0) is 23.7. The number of hydrogen-bond donors (Lipinski definition) is 1. The van der Waals surface area contributed by atoms with Crippen molar-refractivity contribution in [3.63, 3.8) is 0 Å². The van der Waals surface area contributed by atoms with Crippen molar-refractivity contribution >= 4 is 28.7 Å². The third-order valence-electron chi connectivity index (χ3n) is 5.98. The van der Waals surface area contributed by atoms with E-state index in [1.807, 2.05) is 36.4 Å². The molecule has 3 aromatic carbocycles. The zero-order valence-corrected chi connectivity index (χ0v) is 18.2. The highest BCUT2D eigenvalue weighted by Crippen LogP contribution is 2.44. The molecule has 1 amide bonds. The smallest absolute Gasteiger partial charge is 0.414 e. The average molecular weight is 451 g/mol. The van der Waals surface area contributed by atoms with Gasteiger partial charge in [-0.05, 0) is 28.3 Å². The number of carbonyl (C=O) groups excluding carboxylic acids is 1. The van der Waals surface area contributed by atoms with Crippen molar-refractivity contribution < 1.29 is 19.4 Å². The first-order valence-electron chi connectivity index (χ1n) is 10.8. The quantitative estimate of drug-likeness (QED) is 0.402. The van der Waals surface area contributed by atoms with Crippen LogP contribution in [-0.4, -0.2) is 40.5 Å². The van der Waals surface area contributed by atoms with Crippen LogP contribution < -0.4 is 4.90 Å². The fourth-order valence-corrected chi connectivity index (χ4v) is 4.52. The van der Waals surface area contributed by atoms with Crippen LogP contribution in [0.2, 0.25) is 0 Å². The summed E-state index contributed by atoms with van der Waals surface area (Å²) in [5.41, 5.74) is 4.72. The van der Waals surface area contributed by atoms with Gasteiger partial charge in [-0.2, -0.15) is 0 Å². The maximum Gasteiger partial charge on any atom is 0.414 e. The van der Waals surface area contributed by atoms with E-state index in [1.54, 1.807) is 24.3 Å². The van der Waals surface area contributed by atoms with Crippen molar-refractivity contribution in [3.05, 3.63) is 102 Å². The summed E-state index contributed by atoms with van der Waals surface area (Å²) in [5.74, 6) is -1.40. The van der Waals surface area contributed by atoms with E-state index in [9.17, 15) is 14.7 Å². The summed E-state index contributed by atoms with van der Waals surface area (Å²) in [6.45, 7) is 3.89. The SMILES string of the molecule is C=CCN(C(=O)OCC1c2ccccc2-c2ccccc21)c1c(C(=O)O)nnc2ccccc12. The topological polar surface area (TPSA) is 92.6 Å². The Morgan fingerprint density at radius 3 is 2.21 bits per heavy atom. The number of carboxylic acid groups (broad SMARTS) is 1. The molecule has 1 aliphatic carbocycles. The van der Waals surface area contributed by atoms with Gasteiger partial charge < -0.3 is 9.84 Å². The second-order valence-corrected chi connectivity index (χ2v) is 7.92. The second-order valence-electron chi connectivity index (χ2n) is 7.92. The van der Waals surface area contributed by atoms with E-state index in [2.05, 4.69) is 28.9 Å². The van der Waals surface area contributed by atoms with Gasteiger partial charge in [0.15, 0.2) is 5.69 Å². The predicted octanol–water partition coefficient (Wildman–Crippen LogP) is 5.27. The monoisotopic (exact) mass is 451 g/mol. The van der Waals surface area contributed by atoms with Crippen molar-refractivity contribution in [2.45, 2.75) is 5.92 Å². The first-order valence-corrected chi connectivity index (χ1v) is 10.8. The zero-order valence-electron chi connectivity index (χ0n) is 18.2. The maximum absolute atomic E-state index is 13.3. The van der Waals surface area contributed by atoms with E-state index in [4.69, 9.17) is 4.74 Å².